The number of hydrogen-bond acceptors (Lipinski definition) is 5. The van der Waals surface area contributed by atoms with Crippen LogP contribution in [0.1, 0.15) is 60.0 Å². The van der Waals surface area contributed by atoms with Gasteiger partial charge in [-0.2, -0.15) is 13.2 Å². The fourth-order valence-electron chi connectivity index (χ4n) is 3.76. The summed E-state index contributed by atoms with van der Waals surface area (Å²) in [4.78, 5) is 26.1. The van der Waals surface area contributed by atoms with E-state index in [1.54, 1.807) is 19.2 Å². The summed E-state index contributed by atoms with van der Waals surface area (Å²) in [6, 6.07) is 4.98. The molecule has 2 heterocycles. The van der Waals surface area contributed by atoms with Gasteiger partial charge in [0.15, 0.2) is 11.6 Å². The monoisotopic (exact) mass is 491 g/mol. The number of nitrogens with zero attached hydrogens (tertiary/aromatic N) is 3. The number of rotatable bonds is 6. The van der Waals surface area contributed by atoms with E-state index in [-0.39, 0.29) is 29.0 Å². The highest BCUT2D eigenvalue weighted by molar-refractivity contribution is 6.35. The quantitative estimate of drug-likeness (QED) is 0.239. The second-order valence-electron chi connectivity index (χ2n) is 8.12. The Morgan fingerprint density at radius 1 is 1.32 bits per heavy atom. The van der Waals surface area contributed by atoms with E-state index in [1.807, 2.05) is 0 Å². The lowest BCUT2D eigenvalue weighted by Crippen LogP contribution is -2.35. The van der Waals surface area contributed by atoms with Gasteiger partial charge in [0.05, 0.1) is 10.6 Å². The average molecular weight is 492 g/mol. The number of allylic oxidation sites excluding steroid dienone is 1. The summed E-state index contributed by atoms with van der Waals surface area (Å²) in [7, 11) is 0. The first-order valence-corrected chi connectivity index (χ1v) is 11.2. The first kappa shape index (κ1) is 25.7. The molecule has 2 N–H and O–H groups in total. The third-order valence-electron chi connectivity index (χ3n) is 5.34. The number of nitrogens with one attached hydrogen (secondary N) is 2. The molecular weight excluding hydrogens is 467 g/mol. The van der Waals surface area contributed by atoms with Crippen LogP contribution in [0.25, 0.3) is 0 Å². The molecule has 3 rings (SSSR count). The Hall–Kier alpha value is -2.91. The van der Waals surface area contributed by atoms with Crippen LogP contribution in [0.2, 0.25) is 5.02 Å². The molecular formula is C24H25ClF3N5O. The molecule has 0 amide bonds. The predicted octanol–water partition coefficient (Wildman–Crippen LogP) is 5.58. The van der Waals surface area contributed by atoms with E-state index in [9.17, 15) is 18.0 Å². The highest BCUT2D eigenvalue weighted by Crippen LogP contribution is 2.36. The van der Waals surface area contributed by atoms with Gasteiger partial charge in [-0.25, -0.2) is 15.0 Å². The summed E-state index contributed by atoms with van der Waals surface area (Å²) in [6.07, 6.45) is 1.38. The molecule has 1 unspecified atom stereocenters. The van der Waals surface area contributed by atoms with Gasteiger partial charge in [0.1, 0.15) is 11.5 Å². The van der Waals surface area contributed by atoms with Gasteiger partial charge < -0.3 is 5.32 Å². The number of amidine groups is 1. The van der Waals surface area contributed by atoms with Crippen molar-refractivity contribution in [3.05, 3.63) is 69.8 Å². The molecule has 0 aliphatic carbocycles. The number of carbonyl (C=O) groups is 1. The number of alkyl halides is 3. The SMILES string of the molecule is CC(=N)N=C(/C(=C/C(=O)c1cccc(C(F)(F)F)c1Cl)CC1CCCCN1)c1nccc(C)n1. The summed E-state index contributed by atoms with van der Waals surface area (Å²) in [5.74, 6) is -0.478. The third kappa shape index (κ3) is 6.57. The zero-order valence-corrected chi connectivity index (χ0v) is 19.6. The first-order chi connectivity index (χ1) is 16.1. The van der Waals surface area contributed by atoms with Crippen molar-refractivity contribution in [3.63, 3.8) is 0 Å². The minimum absolute atomic E-state index is 0.0211. The number of carbonyl (C=O) groups excluding carboxylic acids is 1. The molecule has 1 aliphatic rings. The van der Waals surface area contributed by atoms with Crippen molar-refractivity contribution in [3.8, 4) is 0 Å². The van der Waals surface area contributed by atoms with Crippen LogP contribution in [0.15, 0.2) is 47.1 Å². The Morgan fingerprint density at radius 3 is 2.71 bits per heavy atom. The molecule has 6 nitrogen and oxygen atoms in total. The Kier molecular flexibility index (Phi) is 8.33. The normalized spacial score (nSPS) is 17.5. The maximum absolute atomic E-state index is 13.3. The minimum Gasteiger partial charge on any atom is -0.314 e. The molecule has 0 bridgehead atoms. The van der Waals surface area contributed by atoms with Gasteiger partial charge in [0.2, 0.25) is 0 Å². The number of aromatic nitrogens is 2. The largest absolute Gasteiger partial charge is 0.417 e. The van der Waals surface area contributed by atoms with Crippen LogP contribution >= 0.6 is 11.6 Å². The Bertz CT molecular complexity index is 1140. The van der Waals surface area contributed by atoms with Crippen LogP contribution in [0.4, 0.5) is 13.2 Å². The Morgan fingerprint density at radius 2 is 2.09 bits per heavy atom. The van der Waals surface area contributed by atoms with Crippen molar-refractivity contribution < 1.29 is 18.0 Å². The van der Waals surface area contributed by atoms with E-state index in [1.165, 1.54) is 19.1 Å². The molecule has 0 spiro atoms. The maximum Gasteiger partial charge on any atom is 0.417 e. The van der Waals surface area contributed by atoms with Gasteiger partial charge in [-0.1, -0.05) is 24.1 Å². The van der Waals surface area contributed by atoms with Crippen molar-refractivity contribution in [2.45, 2.75) is 51.7 Å². The summed E-state index contributed by atoms with van der Waals surface area (Å²) in [6.45, 7) is 4.08. The van der Waals surface area contributed by atoms with Crippen LogP contribution in [0, 0.1) is 12.3 Å². The zero-order chi connectivity index (χ0) is 24.9. The van der Waals surface area contributed by atoms with Gasteiger partial charge in [0.25, 0.3) is 0 Å². The van der Waals surface area contributed by atoms with E-state index in [2.05, 4.69) is 20.3 Å². The molecule has 1 aromatic carbocycles. The molecule has 1 aliphatic heterocycles. The van der Waals surface area contributed by atoms with Gasteiger partial charge >= 0.3 is 6.18 Å². The summed E-state index contributed by atoms with van der Waals surface area (Å²) in [5.41, 5.74) is -0.00494. The molecule has 0 saturated carbocycles. The number of aliphatic imine (C=N–C) groups is 1. The molecule has 34 heavy (non-hydrogen) atoms. The average Bonchev–Trinajstić information content (AvgIpc) is 2.77. The number of aryl methyl sites for hydroxylation is 1. The number of ketones is 1. The van der Waals surface area contributed by atoms with Crippen molar-refractivity contribution >= 4 is 28.9 Å². The van der Waals surface area contributed by atoms with E-state index < -0.39 is 22.5 Å². The molecule has 10 heteroatoms. The fourth-order valence-corrected chi connectivity index (χ4v) is 4.09. The summed E-state index contributed by atoms with van der Waals surface area (Å²) in [5, 5.41) is 10.6. The van der Waals surface area contributed by atoms with E-state index >= 15 is 0 Å². The molecule has 0 radical (unpaired) electrons. The molecule has 1 fully saturated rings. The number of piperidine rings is 1. The van der Waals surface area contributed by atoms with Crippen LogP contribution in [0.3, 0.4) is 0 Å². The van der Waals surface area contributed by atoms with Crippen LogP contribution in [0.5, 0.6) is 0 Å². The van der Waals surface area contributed by atoms with Crippen molar-refractivity contribution in [1.82, 2.24) is 15.3 Å². The van der Waals surface area contributed by atoms with Gasteiger partial charge in [-0.3, -0.25) is 10.2 Å². The number of benzene rings is 1. The maximum atomic E-state index is 13.3. The molecule has 2 aromatic rings. The van der Waals surface area contributed by atoms with Gasteiger partial charge in [-0.05, 0) is 69.5 Å². The smallest absolute Gasteiger partial charge is 0.314 e. The highest BCUT2D eigenvalue weighted by atomic mass is 35.5. The Labute approximate surface area is 200 Å². The molecule has 1 aromatic heterocycles. The summed E-state index contributed by atoms with van der Waals surface area (Å²) < 4.78 is 39.9. The topological polar surface area (TPSA) is 91.1 Å². The molecule has 180 valence electrons. The lowest BCUT2D eigenvalue weighted by molar-refractivity contribution is -0.137. The molecule has 1 saturated heterocycles. The third-order valence-corrected chi connectivity index (χ3v) is 5.75. The first-order valence-electron chi connectivity index (χ1n) is 10.8. The van der Waals surface area contributed by atoms with Crippen molar-refractivity contribution in [1.29, 1.82) is 5.41 Å². The van der Waals surface area contributed by atoms with E-state index in [4.69, 9.17) is 17.0 Å². The fraction of sp³-hybridized carbons (Fsp3) is 0.375. The second-order valence-corrected chi connectivity index (χ2v) is 8.50. The number of hydrogen-bond donors (Lipinski definition) is 2. The summed E-state index contributed by atoms with van der Waals surface area (Å²) >= 11 is 5.99. The standard InChI is InChI=1S/C24H25ClF3N5O/c1-14-9-11-31-23(32-14)22(33-15(2)29)16(12-17-6-3-4-10-30-17)13-20(34)18-7-5-8-19(21(18)25)24(26,27)28/h5,7-9,11,13,17,29-30H,3-4,6,10,12H2,1-2H3/b16-13+,29-15?,33-22?. The van der Waals surface area contributed by atoms with Crippen molar-refractivity contribution in [2.24, 2.45) is 4.99 Å². The van der Waals surface area contributed by atoms with Gasteiger partial charge in [-0.15, -0.1) is 0 Å². The lowest BCUT2D eigenvalue weighted by Gasteiger charge is -2.25. The minimum atomic E-state index is -4.69. The van der Waals surface area contributed by atoms with Crippen LogP contribution in [-0.2, 0) is 6.18 Å². The molecule has 1 atom stereocenters. The lowest BCUT2D eigenvalue weighted by atomic mass is 9.93. The van der Waals surface area contributed by atoms with Crippen molar-refractivity contribution in [2.75, 3.05) is 6.54 Å². The van der Waals surface area contributed by atoms with E-state index in [0.717, 1.165) is 37.9 Å². The number of halogens is 4. The van der Waals surface area contributed by atoms with Crippen LogP contribution in [-0.4, -0.2) is 39.9 Å². The zero-order valence-electron chi connectivity index (χ0n) is 18.8. The predicted molar refractivity (Wildman–Crippen MR) is 126 cm³/mol. The highest BCUT2D eigenvalue weighted by Gasteiger charge is 2.34. The Balaban J connectivity index is 2.11. The van der Waals surface area contributed by atoms with Crippen LogP contribution < -0.4 is 5.32 Å². The second kappa shape index (κ2) is 11.0. The van der Waals surface area contributed by atoms with E-state index in [0.29, 0.717) is 17.7 Å². The van der Waals surface area contributed by atoms with Gasteiger partial charge in [0, 0.05) is 23.5 Å².